The predicted molar refractivity (Wildman–Crippen MR) is 89.1 cm³/mol. The Kier molecular flexibility index (Phi) is 10.1. The average molecular weight is 307 g/mol. The summed E-state index contributed by atoms with van der Waals surface area (Å²) in [6.07, 6.45) is 10.7. The third-order valence-electron chi connectivity index (χ3n) is 3.71. The molecule has 0 bridgehead atoms. The minimum atomic E-state index is -0.414. The van der Waals surface area contributed by atoms with E-state index in [2.05, 4.69) is 0 Å². The van der Waals surface area contributed by atoms with Gasteiger partial charge in [-0.3, -0.25) is 4.79 Å². The molecule has 22 heavy (non-hydrogen) atoms. The molecule has 0 unspecified atom stereocenters. The highest BCUT2D eigenvalue weighted by atomic mass is 16.5. The lowest BCUT2D eigenvalue weighted by Gasteiger charge is -2.06. The van der Waals surface area contributed by atoms with Crippen molar-refractivity contribution in [2.45, 2.75) is 57.8 Å². The van der Waals surface area contributed by atoms with E-state index in [0.29, 0.717) is 18.8 Å². The van der Waals surface area contributed by atoms with Gasteiger partial charge in [0.05, 0.1) is 6.61 Å². The molecule has 0 atom stereocenters. The van der Waals surface area contributed by atoms with Crippen molar-refractivity contribution in [3.8, 4) is 5.75 Å². The molecule has 0 radical (unpaired) electrons. The second-order valence-electron chi connectivity index (χ2n) is 5.64. The van der Waals surface area contributed by atoms with Crippen LogP contribution in [0, 0.1) is 0 Å². The second-order valence-corrected chi connectivity index (χ2v) is 5.64. The fourth-order valence-corrected chi connectivity index (χ4v) is 2.36. The standard InChI is InChI=1S/C18H29NO3/c19-18(21)16-10-12-17(13-11-16)22-15-9-7-5-3-1-2-4-6-8-14-20/h10-13,20H,1-9,14-15H2,(H2,19,21). The van der Waals surface area contributed by atoms with Crippen LogP contribution in [0.15, 0.2) is 24.3 Å². The van der Waals surface area contributed by atoms with E-state index in [0.717, 1.165) is 25.0 Å². The third kappa shape index (κ3) is 8.67. The van der Waals surface area contributed by atoms with Crippen LogP contribution in [0.5, 0.6) is 5.75 Å². The predicted octanol–water partition coefficient (Wildman–Crippen LogP) is 3.67. The van der Waals surface area contributed by atoms with Gasteiger partial charge in [0.15, 0.2) is 0 Å². The van der Waals surface area contributed by atoms with Gasteiger partial charge >= 0.3 is 0 Å². The highest BCUT2D eigenvalue weighted by Crippen LogP contribution is 2.13. The summed E-state index contributed by atoms with van der Waals surface area (Å²) in [5.74, 6) is 0.372. The Morgan fingerprint density at radius 2 is 1.36 bits per heavy atom. The number of carbonyl (C=O) groups is 1. The maximum Gasteiger partial charge on any atom is 0.248 e. The Hall–Kier alpha value is -1.55. The lowest BCUT2D eigenvalue weighted by Crippen LogP contribution is -2.10. The Balaban J connectivity index is 1.94. The Morgan fingerprint density at radius 1 is 0.864 bits per heavy atom. The number of nitrogens with two attached hydrogens (primary N) is 1. The van der Waals surface area contributed by atoms with Crippen LogP contribution in [0.3, 0.4) is 0 Å². The number of carbonyl (C=O) groups excluding carboxylic acids is 1. The van der Waals surface area contributed by atoms with Crippen LogP contribution < -0.4 is 10.5 Å². The molecule has 1 aromatic rings. The lowest BCUT2D eigenvalue weighted by atomic mass is 10.1. The van der Waals surface area contributed by atoms with Crippen molar-refractivity contribution in [3.63, 3.8) is 0 Å². The van der Waals surface area contributed by atoms with Crippen LogP contribution in [0.4, 0.5) is 0 Å². The fraction of sp³-hybridized carbons (Fsp3) is 0.611. The molecule has 1 aromatic carbocycles. The van der Waals surface area contributed by atoms with E-state index in [-0.39, 0.29) is 0 Å². The molecule has 1 rings (SSSR count). The van der Waals surface area contributed by atoms with E-state index in [9.17, 15) is 4.79 Å². The molecule has 124 valence electrons. The SMILES string of the molecule is NC(=O)c1ccc(OCCCCCCCCCCCO)cc1. The molecule has 0 aliphatic rings. The van der Waals surface area contributed by atoms with Crippen LogP contribution in [0.1, 0.15) is 68.1 Å². The first-order chi connectivity index (χ1) is 10.7. The second kappa shape index (κ2) is 12.0. The number of amides is 1. The van der Waals surface area contributed by atoms with Crippen molar-refractivity contribution in [2.24, 2.45) is 5.73 Å². The Labute approximate surface area is 133 Å². The van der Waals surface area contributed by atoms with Crippen LogP contribution in [-0.2, 0) is 0 Å². The van der Waals surface area contributed by atoms with E-state index in [1.165, 1.54) is 38.5 Å². The van der Waals surface area contributed by atoms with E-state index in [1.807, 2.05) is 0 Å². The molecular weight excluding hydrogens is 278 g/mol. The fourth-order valence-electron chi connectivity index (χ4n) is 2.36. The van der Waals surface area contributed by atoms with Gasteiger partial charge in [0, 0.05) is 12.2 Å². The number of benzene rings is 1. The quantitative estimate of drug-likeness (QED) is 0.546. The minimum Gasteiger partial charge on any atom is -0.494 e. The van der Waals surface area contributed by atoms with E-state index in [1.54, 1.807) is 24.3 Å². The highest BCUT2D eigenvalue weighted by Gasteiger charge is 2.00. The number of primary amides is 1. The van der Waals surface area contributed by atoms with Gasteiger partial charge < -0.3 is 15.6 Å². The number of aliphatic hydroxyl groups is 1. The van der Waals surface area contributed by atoms with E-state index in [4.69, 9.17) is 15.6 Å². The molecule has 0 saturated heterocycles. The van der Waals surface area contributed by atoms with Crippen molar-refractivity contribution in [2.75, 3.05) is 13.2 Å². The van der Waals surface area contributed by atoms with Gasteiger partial charge in [0.2, 0.25) is 5.91 Å². The number of hydrogen-bond donors (Lipinski definition) is 2. The van der Waals surface area contributed by atoms with Gasteiger partial charge in [-0.1, -0.05) is 44.9 Å². The largest absolute Gasteiger partial charge is 0.494 e. The monoisotopic (exact) mass is 307 g/mol. The van der Waals surface area contributed by atoms with E-state index >= 15 is 0 Å². The van der Waals surface area contributed by atoms with Crippen LogP contribution in [-0.4, -0.2) is 24.2 Å². The smallest absolute Gasteiger partial charge is 0.248 e. The molecule has 4 nitrogen and oxygen atoms in total. The summed E-state index contributed by atoms with van der Waals surface area (Å²) in [4.78, 5) is 10.9. The molecule has 0 saturated carbocycles. The number of hydrogen-bond acceptors (Lipinski definition) is 3. The maximum absolute atomic E-state index is 10.9. The van der Waals surface area contributed by atoms with Gasteiger partial charge in [-0.2, -0.15) is 0 Å². The summed E-state index contributed by atoms with van der Waals surface area (Å²) >= 11 is 0. The number of rotatable bonds is 13. The average Bonchev–Trinajstić information content (AvgIpc) is 2.53. The summed E-state index contributed by atoms with van der Waals surface area (Å²) in [6.45, 7) is 1.04. The molecule has 0 spiro atoms. The van der Waals surface area contributed by atoms with Gasteiger partial charge in [-0.15, -0.1) is 0 Å². The molecule has 4 heteroatoms. The zero-order chi connectivity index (χ0) is 16.0. The molecule has 0 fully saturated rings. The van der Waals surface area contributed by atoms with Gasteiger partial charge in [-0.25, -0.2) is 0 Å². The first-order valence-electron chi connectivity index (χ1n) is 8.37. The third-order valence-corrected chi connectivity index (χ3v) is 3.71. The molecule has 0 aliphatic carbocycles. The van der Waals surface area contributed by atoms with Crippen molar-refractivity contribution < 1.29 is 14.6 Å². The molecule has 0 aliphatic heterocycles. The van der Waals surface area contributed by atoms with Crippen molar-refractivity contribution >= 4 is 5.91 Å². The molecule has 0 aromatic heterocycles. The molecular formula is C18H29NO3. The summed E-state index contributed by atoms with van der Waals surface area (Å²) in [5, 5.41) is 8.68. The maximum atomic E-state index is 10.9. The minimum absolute atomic E-state index is 0.325. The summed E-state index contributed by atoms with van der Waals surface area (Å²) < 4.78 is 5.64. The molecule has 0 heterocycles. The van der Waals surface area contributed by atoms with Crippen molar-refractivity contribution in [3.05, 3.63) is 29.8 Å². The summed E-state index contributed by atoms with van der Waals surface area (Å²) in [5.41, 5.74) is 5.69. The van der Waals surface area contributed by atoms with Crippen molar-refractivity contribution in [1.82, 2.24) is 0 Å². The lowest BCUT2D eigenvalue weighted by molar-refractivity contribution is 0.1000. The van der Waals surface area contributed by atoms with Crippen LogP contribution in [0.25, 0.3) is 0 Å². The van der Waals surface area contributed by atoms with Gasteiger partial charge in [-0.05, 0) is 37.1 Å². The zero-order valence-electron chi connectivity index (χ0n) is 13.4. The first kappa shape index (κ1) is 18.5. The topological polar surface area (TPSA) is 72.6 Å². The first-order valence-corrected chi connectivity index (χ1v) is 8.37. The number of ether oxygens (including phenoxy) is 1. The molecule has 1 amide bonds. The Morgan fingerprint density at radius 3 is 1.86 bits per heavy atom. The van der Waals surface area contributed by atoms with Crippen molar-refractivity contribution in [1.29, 1.82) is 0 Å². The number of unbranched alkanes of at least 4 members (excludes halogenated alkanes) is 8. The van der Waals surface area contributed by atoms with E-state index < -0.39 is 5.91 Å². The van der Waals surface area contributed by atoms with Gasteiger partial charge in [0.25, 0.3) is 0 Å². The summed E-state index contributed by atoms with van der Waals surface area (Å²) in [6, 6.07) is 6.95. The van der Waals surface area contributed by atoms with Crippen LogP contribution >= 0.6 is 0 Å². The highest BCUT2D eigenvalue weighted by molar-refractivity contribution is 5.92. The summed E-state index contributed by atoms with van der Waals surface area (Å²) in [7, 11) is 0. The van der Waals surface area contributed by atoms with Crippen LogP contribution in [0.2, 0.25) is 0 Å². The number of aliphatic hydroxyl groups excluding tert-OH is 1. The van der Waals surface area contributed by atoms with Gasteiger partial charge in [0.1, 0.15) is 5.75 Å². The Bertz CT molecular complexity index is 403. The normalized spacial score (nSPS) is 10.6. The molecule has 3 N–H and O–H groups in total. The zero-order valence-corrected chi connectivity index (χ0v) is 13.4.